The minimum atomic E-state index is -0.591. The van der Waals surface area contributed by atoms with Gasteiger partial charge in [0.25, 0.3) is 0 Å². The number of rotatable bonds is 14. The van der Waals surface area contributed by atoms with Crippen LogP contribution in [0.1, 0.15) is 111 Å². The van der Waals surface area contributed by atoms with Gasteiger partial charge in [-0.25, -0.2) is 0 Å². The van der Waals surface area contributed by atoms with E-state index in [0.29, 0.717) is 49.9 Å². The largest absolute Gasteiger partial charge is 0.462 e. The average Bonchev–Trinajstić information content (AvgIpc) is 2.92. The topological polar surface area (TPSA) is 165 Å². The molecule has 6 unspecified atom stereocenters. The Balaban J connectivity index is 1.78. The fourth-order valence-corrected chi connectivity index (χ4v) is 8.63. The molecule has 0 bridgehead atoms. The van der Waals surface area contributed by atoms with Crippen LogP contribution in [0.3, 0.4) is 0 Å². The number of ether oxygens (including phenoxy) is 3. The van der Waals surface area contributed by atoms with E-state index in [-0.39, 0.29) is 55.2 Å². The molecule has 10 heteroatoms. The van der Waals surface area contributed by atoms with Crippen molar-refractivity contribution in [2.24, 2.45) is 41.2 Å². The highest BCUT2D eigenvalue weighted by molar-refractivity contribution is 5.66. The van der Waals surface area contributed by atoms with Crippen molar-refractivity contribution in [3.8, 4) is 0 Å². The number of carbonyl (C=O) groups is 2. The van der Waals surface area contributed by atoms with Gasteiger partial charge in [-0.1, -0.05) is 26.7 Å². The van der Waals surface area contributed by atoms with E-state index >= 15 is 0 Å². The molecule has 0 radical (unpaired) electrons. The maximum atomic E-state index is 12.3. The molecule has 11 atom stereocenters. The summed E-state index contributed by atoms with van der Waals surface area (Å²) < 4.78 is 17.7. The monoisotopic (exact) mass is 627 g/mol. The third kappa shape index (κ3) is 12.5. The van der Waals surface area contributed by atoms with Crippen molar-refractivity contribution in [1.29, 1.82) is 0 Å². The van der Waals surface area contributed by atoms with E-state index in [1.165, 1.54) is 13.8 Å². The number of carbonyl (C=O) groups excluding carboxylic acids is 2. The molecule has 256 valence electrons. The third-order valence-electron chi connectivity index (χ3n) is 10.4. The quantitative estimate of drug-likeness (QED) is 0.182. The zero-order valence-electron chi connectivity index (χ0n) is 27.8. The molecule has 0 aromatic rings. The molecule has 1 saturated heterocycles. The standard InChI is InChI=1S/C34H62N2O8/c1-21(2)14-24-6-5-7-28(40)16-27(15-24)32(44-23(4)39)19-29(43-22(3)38)9-8-25-17-33(42-13-12-37)31(41)20-30(25)26-10-11-36-34(35)18-26/h21,24-34,36-37,40-41H,5-20,35H2,1-4H3/p+1/t24-,25?,26?,27+,28+,29+,30?,31?,32+,33?,34?/m0/s1. The molecular weight excluding hydrogens is 564 g/mol. The normalized spacial score (nSPS) is 34.9. The molecular formula is C34H63N2O8+. The van der Waals surface area contributed by atoms with Crippen LogP contribution < -0.4 is 11.1 Å². The van der Waals surface area contributed by atoms with E-state index in [4.69, 9.17) is 19.9 Å². The fourth-order valence-electron chi connectivity index (χ4n) is 8.63. The summed E-state index contributed by atoms with van der Waals surface area (Å²) >= 11 is 0. The number of nitrogens with two attached hydrogens (primary N) is 2. The van der Waals surface area contributed by atoms with Crippen molar-refractivity contribution >= 4 is 11.9 Å². The molecule has 0 aromatic heterocycles. The Hall–Kier alpha value is -1.30. The first-order valence-electron chi connectivity index (χ1n) is 17.5. The van der Waals surface area contributed by atoms with Gasteiger partial charge in [0.1, 0.15) is 18.4 Å². The second-order valence-electron chi connectivity index (χ2n) is 14.6. The molecule has 0 amide bonds. The minimum absolute atomic E-state index is 0.00942. The zero-order valence-corrected chi connectivity index (χ0v) is 27.8. The van der Waals surface area contributed by atoms with Gasteiger partial charge in [-0.2, -0.15) is 0 Å². The number of piperidine rings is 1. The lowest BCUT2D eigenvalue weighted by Gasteiger charge is -2.44. The highest BCUT2D eigenvalue weighted by atomic mass is 16.6. The van der Waals surface area contributed by atoms with Crippen molar-refractivity contribution in [2.45, 2.75) is 148 Å². The molecule has 44 heavy (non-hydrogen) atoms. The molecule has 3 aliphatic rings. The second kappa shape index (κ2) is 18.7. The van der Waals surface area contributed by atoms with Crippen molar-refractivity contribution in [3.05, 3.63) is 0 Å². The molecule has 10 nitrogen and oxygen atoms in total. The Kier molecular flexibility index (Phi) is 15.8. The van der Waals surface area contributed by atoms with Crippen LogP contribution in [-0.2, 0) is 23.8 Å². The maximum absolute atomic E-state index is 12.3. The predicted molar refractivity (Wildman–Crippen MR) is 167 cm³/mol. The molecule has 1 aliphatic heterocycles. The summed E-state index contributed by atoms with van der Waals surface area (Å²) in [6.45, 7) is 8.39. The number of hydrogen-bond acceptors (Lipinski definition) is 9. The highest BCUT2D eigenvalue weighted by Crippen LogP contribution is 2.43. The van der Waals surface area contributed by atoms with Crippen LogP contribution in [0.4, 0.5) is 0 Å². The predicted octanol–water partition coefficient (Wildman–Crippen LogP) is 2.65. The number of quaternary nitrogens is 1. The lowest BCUT2D eigenvalue weighted by atomic mass is 9.66. The number of esters is 2. The van der Waals surface area contributed by atoms with Crippen LogP contribution in [0.25, 0.3) is 0 Å². The van der Waals surface area contributed by atoms with Gasteiger partial charge in [-0.05, 0) is 93.3 Å². The minimum Gasteiger partial charge on any atom is -0.462 e. The summed E-state index contributed by atoms with van der Waals surface area (Å²) in [5.74, 6) is 1.26. The Bertz CT molecular complexity index is 859. The first-order chi connectivity index (χ1) is 20.9. The van der Waals surface area contributed by atoms with Crippen LogP contribution in [0.15, 0.2) is 0 Å². The average molecular weight is 628 g/mol. The van der Waals surface area contributed by atoms with Crippen molar-refractivity contribution in [1.82, 2.24) is 0 Å². The Morgan fingerprint density at radius 2 is 1.73 bits per heavy atom. The Labute approximate surface area is 265 Å². The molecule has 0 spiro atoms. The number of aliphatic hydroxyl groups excluding tert-OH is 3. The van der Waals surface area contributed by atoms with Crippen LogP contribution in [0.2, 0.25) is 0 Å². The van der Waals surface area contributed by atoms with Gasteiger partial charge < -0.3 is 34.8 Å². The van der Waals surface area contributed by atoms with E-state index in [9.17, 15) is 24.9 Å². The summed E-state index contributed by atoms with van der Waals surface area (Å²) in [6, 6.07) is 0. The second-order valence-corrected chi connectivity index (χ2v) is 14.6. The Morgan fingerprint density at radius 1 is 0.977 bits per heavy atom. The van der Waals surface area contributed by atoms with Crippen LogP contribution >= 0.6 is 0 Å². The van der Waals surface area contributed by atoms with Gasteiger partial charge in [-0.15, -0.1) is 0 Å². The van der Waals surface area contributed by atoms with Crippen molar-refractivity contribution < 1.29 is 44.4 Å². The number of hydrogen-bond donors (Lipinski definition) is 5. The van der Waals surface area contributed by atoms with E-state index in [0.717, 1.165) is 57.9 Å². The van der Waals surface area contributed by atoms with Crippen LogP contribution in [0, 0.1) is 35.5 Å². The lowest BCUT2D eigenvalue weighted by molar-refractivity contribution is -0.699. The summed E-state index contributed by atoms with van der Waals surface area (Å²) in [4.78, 5) is 24.6. The molecule has 3 rings (SSSR count). The van der Waals surface area contributed by atoms with E-state index < -0.39 is 24.4 Å². The van der Waals surface area contributed by atoms with E-state index in [1.54, 1.807) is 0 Å². The summed E-state index contributed by atoms with van der Waals surface area (Å²) in [5, 5.41) is 33.3. The third-order valence-corrected chi connectivity index (χ3v) is 10.4. The van der Waals surface area contributed by atoms with Gasteiger partial charge in [0.15, 0.2) is 0 Å². The first-order valence-corrected chi connectivity index (χ1v) is 17.5. The molecule has 7 N–H and O–H groups in total. The zero-order chi connectivity index (χ0) is 32.2. The number of aliphatic hydroxyl groups is 3. The Morgan fingerprint density at radius 3 is 2.39 bits per heavy atom. The molecule has 2 aliphatic carbocycles. The van der Waals surface area contributed by atoms with E-state index in [1.807, 2.05) is 0 Å². The summed E-state index contributed by atoms with van der Waals surface area (Å²) in [7, 11) is 0. The van der Waals surface area contributed by atoms with Crippen molar-refractivity contribution in [3.63, 3.8) is 0 Å². The van der Waals surface area contributed by atoms with Crippen LogP contribution in [-0.4, -0.2) is 83.7 Å². The molecule has 1 heterocycles. The van der Waals surface area contributed by atoms with Crippen LogP contribution in [0.5, 0.6) is 0 Å². The first kappa shape index (κ1) is 37.2. The molecule has 0 aromatic carbocycles. The van der Waals surface area contributed by atoms with Gasteiger partial charge in [-0.3, -0.25) is 15.3 Å². The van der Waals surface area contributed by atoms with Gasteiger partial charge >= 0.3 is 11.9 Å². The van der Waals surface area contributed by atoms with Gasteiger partial charge in [0, 0.05) is 26.7 Å². The maximum Gasteiger partial charge on any atom is 0.302 e. The smallest absolute Gasteiger partial charge is 0.302 e. The summed E-state index contributed by atoms with van der Waals surface area (Å²) in [5.41, 5.74) is 6.33. The van der Waals surface area contributed by atoms with Gasteiger partial charge in [0.05, 0.1) is 38.1 Å². The highest BCUT2D eigenvalue weighted by Gasteiger charge is 2.43. The molecule has 2 saturated carbocycles. The molecule has 3 fully saturated rings. The van der Waals surface area contributed by atoms with E-state index in [2.05, 4.69) is 19.2 Å². The fraction of sp³-hybridized carbons (Fsp3) is 0.941. The SMILES string of the molecule is CC(=O)O[C@H](CCC1CC(OCCO)C(O)CC1C1CC[NH2+]C(N)C1)C[C@@H](OC(C)=O)[C@H]1C[C@H](O)CCC[C@@H](CC(C)C)C1. The van der Waals surface area contributed by atoms with Crippen molar-refractivity contribution in [2.75, 3.05) is 19.8 Å². The van der Waals surface area contributed by atoms with Gasteiger partial charge in [0.2, 0.25) is 0 Å². The lowest BCUT2D eigenvalue weighted by Crippen LogP contribution is -2.94. The summed E-state index contributed by atoms with van der Waals surface area (Å²) in [6.07, 6.45) is 8.22.